The molecule has 2 aliphatic carbocycles. The van der Waals surface area contributed by atoms with Crippen LogP contribution >= 0.6 is 0 Å². The van der Waals surface area contributed by atoms with E-state index in [1.807, 2.05) is 6.08 Å². The van der Waals surface area contributed by atoms with Gasteiger partial charge in [0, 0.05) is 25.4 Å². The van der Waals surface area contributed by atoms with Gasteiger partial charge in [0.05, 0.1) is 6.26 Å². The summed E-state index contributed by atoms with van der Waals surface area (Å²) in [7, 11) is 0. The average Bonchev–Trinajstić information content (AvgIpc) is 3.25. The molecule has 2 spiro atoms. The Hall–Kier alpha value is -1.40. The van der Waals surface area contributed by atoms with Crippen LogP contribution in [0.4, 0.5) is 0 Å². The molecule has 6 atom stereocenters. The molecule has 1 saturated heterocycles. The summed E-state index contributed by atoms with van der Waals surface area (Å²) in [5.41, 5.74) is -3.63. The summed E-state index contributed by atoms with van der Waals surface area (Å²) in [5.74, 6) is -0.608. The molecule has 3 fully saturated rings. The van der Waals surface area contributed by atoms with Gasteiger partial charge in [-0.3, -0.25) is 9.59 Å². The number of carbonyl (C=O) groups is 2. The Labute approximate surface area is 166 Å². The first-order valence-corrected chi connectivity index (χ1v) is 10.4. The van der Waals surface area contributed by atoms with E-state index in [0.29, 0.717) is 25.9 Å². The normalized spacial score (nSPS) is 50.0. The number of aliphatic hydroxyl groups excluding tert-OH is 1. The van der Waals surface area contributed by atoms with Crippen LogP contribution in [0.25, 0.3) is 0 Å². The van der Waals surface area contributed by atoms with E-state index in [4.69, 9.17) is 14.2 Å². The zero-order chi connectivity index (χ0) is 20.4. The van der Waals surface area contributed by atoms with Crippen molar-refractivity contribution in [2.45, 2.75) is 83.0 Å². The zero-order valence-corrected chi connectivity index (χ0v) is 17.4. The number of hydrogen-bond donors (Lipinski definition) is 1. The summed E-state index contributed by atoms with van der Waals surface area (Å²) in [4.78, 5) is 25.6. The molecular weight excluding hydrogens is 360 g/mol. The molecule has 4 rings (SSSR count). The SMILES string of the molecule is CC(=O)OC1(C)C(=O)CC2C(C)(CO)CCCC2(C)C12CCC1(C=COC1)O2. The molecule has 0 aromatic carbocycles. The molecule has 0 aromatic heterocycles. The van der Waals surface area contributed by atoms with Crippen LogP contribution in [0.2, 0.25) is 0 Å². The van der Waals surface area contributed by atoms with Crippen LogP contribution in [0.3, 0.4) is 0 Å². The van der Waals surface area contributed by atoms with Gasteiger partial charge in [0.2, 0.25) is 0 Å². The number of ether oxygens (including phenoxy) is 3. The van der Waals surface area contributed by atoms with Crippen LogP contribution in [0.5, 0.6) is 0 Å². The summed E-state index contributed by atoms with van der Waals surface area (Å²) in [6.07, 6.45) is 7.91. The molecule has 4 aliphatic rings. The molecule has 6 unspecified atom stereocenters. The topological polar surface area (TPSA) is 82.1 Å². The number of hydrogen-bond acceptors (Lipinski definition) is 6. The number of Topliss-reactive ketones (excluding diaryl/α,β-unsaturated/α-hetero) is 1. The van der Waals surface area contributed by atoms with Gasteiger partial charge in [-0.25, -0.2) is 0 Å². The Kier molecular flexibility index (Phi) is 4.30. The lowest BCUT2D eigenvalue weighted by atomic mass is 9.43. The number of esters is 1. The third-order valence-corrected chi connectivity index (χ3v) is 8.45. The molecule has 0 bridgehead atoms. The van der Waals surface area contributed by atoms with Crippen LogP contribution in [0.15, 0.2) is 12.3 Å². The van der Waals surface area contributed by atoms with Crippen molar-refractivity contribution in [2.24, 2.45) is 16.7 Å². The fraction of sp³-hybridized carbons (Fsp3) is 0.818. The van der Waals surface area contributed by atoms with Gasteiger partial charge in [0.25, 0.3) is 0 Å². The maximum absolute atomic E-state index is 13.5. The van der Waals surface area contributed by atoms with Gasteiger partial charge in [0.1, 0.15) is 17.8 Å². The second-order valence-corrected chi connectivity index (χ2v) is 10.00. The van der Waals surface area contributed by atoms with E-state index in [1.165, 1.54) is 6.92 Å². The standard InChI is InChI=1S/C22H32O6/c1-15(24)27-20(4)17(25)12-16-18(2,13-23)6-5-7-19(16,3)22(20)9-8-21(28-22)10-11-26-14-21/h10-11,16,23H,5-9,12-14H2,1-4H3. The molecule has 2 saturated carbocycles. The van der Waals surface area contributed by atoms with Crippen LogP contribution in [-0.2, 0) is 23.8 Å². The fourth-order valence-corrected chi connectivity index (χ4v) is 6.90. The fourth-order valence-electron chi connectivity index (χ4n) is 6.90. The van der Waals surface area contributed by atoms with Crippen molar-refractivity contribution in [3.05, 3.63) is 12.3 Å². The second-order valence-electron chi connectivity index (χ2n) is 10.00. The van der Waals surface area contributed by atoms with Crippen molar-refractivity contribution in [1.29, 1.82) is 0 Å². The third kappa shape index (κ3) is 2.34. The average molecular weight is 392 g/mol. The van der Waals surface area contributed by atoms with E-state index in [2.05, 4.69) is 13.8 Å². The van der Waals surface area contributed by atoms with Crippen LogP contribution in [0.1, 0.15) is 66.2 Å². The highest BCUT2D eigenvalue weighted by atomic mass is 16.6. The van der Waals surface area contributed by atoms with Crippen molar-refractivity contribution in [3.63, 3.8) is 0 Å². The number of rotatable bonds is 2. The molecule has 156 valence electrons. The first-order chi connectivity index (χ1) is 13.1. The van der Waals surface area contributed by atoms with E-state index < -0.39 is 28.2 Å². The van der Waals surface area contributed by atoms with Gasteiger partial charge >= 0.3 is 5.97 Å². The smallest absolute Gasteiger partial charge is 0.303 e. The molecule has 0 aromatic rings. The largest absolute Gasteiger partial charge is 0.498 e. The lowest BCUT2D eigenvalue weighted by Gasteiger charge is -2.65. The van der Waals surface area contributed by atoms with Crippen molar-refractivity contribution in [2.75, 3.05) is 13.2 Å². The molecule has 2 heterocycles. The summed E-state index contributed by atoms with van der Waals surface area (Å²) >= 11 is 0. The third-order valence-electron chi connectivity index (χ3n) is 8.45. The summed E-state index contributed by atoms with van der Waals surface area (Å²) < 4.78 is 18.1. The number of ketones is 1. The van der Waals surface area contributed by atoms with Crippen LogP contribution in [-0.4, -0.2) is 46.9 Å². The number of aliphatic hydroxyl groups is 1. The molecule has 28 heavy (non-hydrogen) atoms. The Morgan fingerprint density at radius 1 is 1.25 bits per heavy atom. The Morgan fingerprint density at radius 2 is 2.00 bits per heavy atom. The predicted molar refractivity (Wildman–Crippen MR) is 101 cm³/mol. The van der Waals surface area contributed by atoms with Crippen molar-refractivity contribution < 1.29 is 28.9 Å². The van der Waals surface area contributed by atoms with Gasteiger partial charge in [0.15, 0.2) is 11.4 Å². The highest BCUT2D eigenvalue weighted by Gasteiger charge is 2.76. The van der Waals surface area contributed by atoms with E-state index >= 15 is 0 Å². The van der Waals surface area contributed by atoms with Crippen molar-refractivity contribution in [1.82, 2.24) is 0 Å². The Bertz CT molecular complexity index is 733. The first-order valence-electron chi connectivity index (χ1n) is 10.4. The first kappa shape index (κ1) is 19.9. The molecule has 6 nitrogen and oxygen atoms in total. The quantitative estimate of drug-likeness (QED) is 0.728. The maximum atomic E-state index is 13.5. The minimum atomic E-state index is -1.35. The van der Waals surface area contributed by atoms with E-state index in [1.54, 1.807) is 13.2 Å². The summed E-state index contributed by atoms with van der Waals surface area (Å²) in [6, 6.07) is 0. The second kappa shape index (κ2) is 6.05. The van der Waals surface area contributed by atoms with Gasteiger partial charge in [-0.2, -0.15) is 0 Å². The van der Waals surface area contributed by atoms with Crippen molar-refractivity contribution >= 4 is 11.8 Å². The highest BCUT2D eigenvalue weighted by Crippen LogP contribution is 2.68. The summed E-state index contributed by atoms with van der Waals surface area (Å²) in [5, 5.41) is 10.2. The number of carbonyl (C=O) groups excluding carboxylic acids is 2. The highest BCUT2D eigenvalue weighted by molar-refractivity contribution is 5.92. The molecule has 0 radical (unpaired) electrons. The Morgan fingerprint density at radius 3 is 2.61 bits per heavy atom. The molecule has 6 heteroatoms. The van der Waals surface area contributed by atoms with Gasteiger partial charge < -0.3 is 19.3 Å². The molecular formula is C22H32O6. The van der Waals surface area contributed by atoms with E-state index in [0.717, 1.165) is 19.3 Å². The van der Waals surface area contributed by atoms with Crippen LogP contribution < -0.4 is 0 Å². The minimum Gasteiger partial charge on any atom is -0.498 e. The van der Waals surface area contributed by atoms with E-state index in [-0.39, 0.29) is 23.7 Å². The number of fused-ring (bicyclic) bond motifs is 2. The van der Waals surface area contributed by atoms with Crippen molar-refractivity contribution in [3.8, 4) is 0 Å². The minimum absolute atomic E-state index is 0.0312. The predicted octanol–water partition coefficient (Wildman–Crippen LogP) is 2.92. The maximum Gasteiger partial charge on any atom is 0.303 e. The van der Waals surface area contributed by atoms with Crippen LogP contribution in [0, 0.1) is 16.7 Å². The van der Waals surface area contributed by atoms with Gasteiger partial charge in [-0.1, -0.05) is 20.3 Å². The Balaban J connectivity index is 1.89. The van der Waals surface area contributed by atoms with Gasteiger partial charge in [-0.05, 0) is 50.0 Å². The summed E-state index contributed by atoms with van der Waals surface area (Å²) in [6.45, 7) is 7.79. The molecule has 1 N–H and O–H groups in total. The molecule has 0 amide bonds. The van der Waals surface area contributed by atoms with E-state index in [9.17, 15) is 14.7 Å². The molecule has 2 aliphatic heterocycles. The lowest BCUT2D eigenvalue weighted by Crippen LogP contribution is -2.75. The zero-order valence-electron chi connectivity index (χ0n) is 17.4. The monoisotopic (exact) mass is 392 g/mol. The van der Waals surface area contributed by atoms with Gasteiger partial charge in [-0.15, -0.1) is 0 Å². The lowest BCUT2D eigenvalue weighted by molar-refractivity contribution is -0.285.